The van der Waals surface area contributed by atoms with E-state index in [1.54, 1.807) is 29.9 Å². The third kappa shape index (κ3) is 2.78. The molecule has 1 N–H and O–H groups in total. The molecule has 0 amide bonds. The molecule has 1 heterocycles. The Hall–Kier alpha value is -1.88. The minimum absolute atomic E-state index is 0.127. The highest BCUT2D eigenvalue weighted by Gasteiger charge is 2.53. The van der Waals surface area contributed by atoms with Crippen LogP contribution in [0.2, 0.25) is 5.02 Å². The number of nitrogens with zero attached hydrogens (tertiary/aromatic N) is 2. The van der Waals surface area contributed by atoms with E-state index in [2.05, 4.69) is 10.4 Å². The molecular formula is C21H23ClFN3O. The fourth-order valence-corrected chi connectivity index (χ4v) is 6.18. The fourth-order valence-electron chi connectivity index (χ4n) is 6.01. The summed E-state index contributed by atoms with van der Waals surface area (Å²) >= 11 is 6.43. The first-order valence-electron chi connectivity index (χ1n) is 9.75. The Kier molecular flexibility index (Phi) is 3.87. The zero-order chi connectivity index (χ0) is 18.8. The van der Waals surface area contributed by atoms with Crippen LogP contribution in [0.5, 0.6) is 0 Å². The van der Waals surface area contributed by atoms with Gasteiger partial charge in [0.25, 0.3) is 5.56 Å². The SMILES string of the molecule is Cc1ccc(Nc2cnn(C34CC5CC(CC(C5)C3)C4)c(=O)c2Cl)cc1F. The highest BCUT2D eigenvalue weighted by Crippen LogP contribution is 2.58. The zero-order valence-corrected chi connectivity index (χ0v) is 16.1. The summed E-state index contributed by atoms with van der Waals surface area (Å²) in [5.74, 6) is 1.86. The van der Waals surface area contributed by atoms with E-state index in [-0.39, 0.29) is 21.9 Å². The van der Waals surface area contributed by atoms with Crippen molar-refractivity contribution in [3.8, 4) is 0 Å². The van der Waals surface area contributed by atoms with Crippen molar-refractivity contribution in [2.75, 3.05) is 5.32 Å². The van der Waals surface area contributed by atoms with E-state index in [0.717, 1.165) is 37.0 Å². The summed E-state index contributed by atoms with van der Waals surface area (Å²) in [6.07, 6.45) is 8.65. The molecule has 0 spiro atoms. The van der Waals surface area contributed by atoms with Crippen LogP contribution in [0, 0.1) is 30.5 Å². The molecule has 4 aliphatic carbocycles. The number of nitrogens with one attached hydrogen (secondary N) is 1. The van der Waals surface area contributed by atoms with Gasteiger partial charge in [-0.3, -0.25) is 4.79 Å². The predicted octanol–water partition coefficient (Wildman–Crippen LogP) is 5.01. The monoisotopic (exact) mass is 387 g/mol. The van der Waals surface area contributed by atoms with E-state index >= 15 is 0 Å². The Labute approximate surface area is 162 Å². The second-order valence-corrected chi connectivity index (χ2v) is 9.20. The number of aryl methyl sites for hydroxylation is 1. The van der Waals surface area contributed by atoms with Crippen molar-refractivity contribution in [1.29, 1.82) is 0 Å². The summed E-state index contributed by atoms with van der Waals surface area (Å²) in [6, 6.07) is 4.85. The number of hydrogen-bond donors (Lipinski definition) is 1. The first-order valence-corrected chi connectivity index (χ1v) is 10.1. The summed E-state index contributed by atoms with van der Waals surface area (Å²) in [6.45, 7) is 1.71. The van der Waals surface area contributed by atoms with Gasteiger partial charge in [0.15, 0.2) is 0 Å². The Balaban J connectivity index is 1.49. The van der Waals surface area contributed by atoms with Crippen molar-refractivity contribution >= 4 is 23.0 Å². The third-order valence-electron chi connectivity index (χ3n) is 6.82. The van der Waals surface area contributed by atoms with Gasteiger partial charge in [0, 0.05) is 5.69 Å². The van der Waals surface area contributed by atoms with Crippen LogP contribution in [0.25, 0.3) is 0 Å². The molecule has 6 rings (SSSR count). The van der Waals surface area contributed by atoms with E-state index in [1.165, 1.54) is 25.3 Å². The summed E-state index contributed by atoms with van der Waals surface area (Å²) in [5, 5.41) is 7.69. The van der Waals surface area contributed by atoms with Crippen LogP contribution < -0.4 is 10.9 Å². The third-order valence-corrected chi connectivity index (χ3v) is 7.19. The summed E-state index contributed by atoms with van der Waals surface area (Å²) in [7, 11) is 0. The normalized spacial score (nSPS) is 31.3. The largest absolute Gasteiger partial charge is 0.353 e. The van der Waals surface area contributed by atoms with E-state index in [9.17, 15) is 9.18 Å². The number of aromatic nitrogens is 2. The topological polar surface area (TPSA) is 46.9 Å². The Morgan fingerprint density at radius 3 is 2.41 bits per heavy atom. The number of anilines is 2. The van der Waals surface area contributed by atoms with Gasteiger partial charge in [0.05, 0.1) is 17.4 Å². The minimum atomic E-state index is -0.300. The fraction of sp³-hybridized carbons (Fsp3) is 0.524. The van der Waals surface area contributed by atoms with E-state index in [0.29, 0.717) is 16.9 Å². The molecule has 0 atom stereocenters. The van der Waals surface area contributed by atoms with Crippen LogP contribution in [-0.2, 0) is 5.54 Å². The second-order valence-electron chi connectivity index (χ2n) is 8.82. The van der Waals surface area contributed by atoms with Crippen LogP contribution >= 0.6 is 11.6 Å². The lowest BCUT2D eigenvalue weighted by Gasteiger charge is -2.56. The molecule has 0 aliphatic heterocycles. The van der Waals surface area contributed by atoms with Crippen LogP contribution in [0.15, 0.2) is 29.2 Å². The van der Waals surface area contributed by atoms with Gasteiger partial charge in [0.2, 0.25) is 0 Å². The quantitative estimate of drug-likeness (QED) is 0.804. The maximum Gasteiger partial charge on any atom is 0.288 e. The van der Waals surface area contributed by atoms with Crippen molar-refractivity contribution in [2.45, 2.75) is 51.0 Å². The zero-order valence-electron chi connectivity index (χ0n) is 15.3. The predicted molar refractivity (Wildman–Crippen MR) is 104 cm³/mol. The van der Waals surface area contributed by atoms with E-state index < -0.39 is 0 Å². The number of hydrogen-bond acceptors (Lipinski definition) is 3. The first kappa shape index (κ1) is 17.2. The van der Waals surface area contributed by atoms with Crippen molar-refractivity contribution in [1.82, 2.24) is 9.78 Å². The molecule has 1 aromatic carbocycles. The molecule has 4 aliphatic rings. The summed E-state index contributed by atoms with van der Waals surface area (Å²) in [5.41, 5.74) is 1.14. The number of benzene rings is 1. The maximum absolute atomic E-state index is 13.8. The van der Waals surface area contributed by atoms with E-state index in [4.69, 9.17) is 11.6 Å². The van der Waals surface area contributed by atoms with Gasteiger partial charge in [-0.1, -0.05) is 17.7 Å². The van der Waals surface area contributed by atoms with Gasteiger partial charge in [-0.2, -0.15) is 5.10 Å². The molecule has 0 unspecified atom stereocenters. The number of halogens is 2. The molecule has 27 heavy (non-hydrogen) atoms. The molecule has 4 nitrogen and oxygen atoms in total. The van der Waals surface area contributed by atoms with Crippen molar-refractivity contribution < 1.29 is 4.39 Å². The molecule has 4 bridgehead atoms. The molecule has 1 aromatic heterocycles. The highest BCUT2D eigenvalue weighted by molar-refractivity contribution is 6.33. The van der Waals surface area contributed by atoms with Gasteiger partial charge < -0.3 is 5.32 Å². The van der Waals surface area contributed by atoms with Gasteiger partial charge in [0.1, 0.15) is 10.8 Å². The van der Waals surface area contributed by atoms with Crippen LogP contribution in [0.4, 0.5) is 15.8 Å². The lowest BCUT2D eigenvalue weighted by molar-refractivity contribution is -0.0518. The summed E-state index contributed by atoms with van der Waals surface area (Å²) in [4.78, 5) is 13.1. The summed E-state index contributed by atoms with van der Waals surface area (Å²) < 4.78 is 15.5. The lowest BCUT2D eigenvalue weighted by atomic mass is 9.53. The van der Waals surface area contributed by atoms with E-state index in [1.807, 2.05) is 0 Å². The average molecular weight is 388 g/mol. The lowest BCUT2D eigenvalue weighted by Crippen LogP contribution is -2.55. The van der Waals surface area contributed by atoms with Gasteiger partial charge in [-0.25, -0.2) is 9.07 Å². The molecular weight excluding hydrogens is 365 g/mol. The van der Waals surface area contributed by atoms with Crippen LogP contribution in [0.1, 0.15) is 44.1 Å². The highest BCUT2D eigenvalue weighted by atomic mass is 35.5. The molecule has 6 heteroatoms. The van der Waals surface area contributed by atoms with Crippen molar-refractivity contribution in [3.05, 3.63) is 51.2 Å². The van der Waals surface area contributed by atoms with Gasteiger partial charge in [-0.15, -0.1) is 0 Å². The Morgan fingerprint density at radius 2 is 1.81 bits per heavy atom. The Bertz CT molecular complexity index is 935. The average Bonchev–Trinajstić information content (AvgIpc) is 2.61. The van der Waals surface area contributed by atoms with Crippen LogP contribution in [-0.4, -0.2) is 9.78 Å². The maximum atomic E-state index is 13.8. The first-order chi connectivity index (χ1) is 12.9. The van der Waals surface area contributed by atoms with Crippen molar-refractivity contribution in [3.63, 3.8) is 0 Å². The molecule has 0 saturated heterocycles. The second kappa shape index (κ2) is 6.06. The molecule has 2 aromatic rings. The standard InChI is InChI=1S/C21H23ClFN3O/c1-12-2-3-16(7-17(12)23)25-18-11-24-26(20(27)19(18)22)21-8-13-4-14(9-21)6-15(5-13)10-21/h2-3,7,11,13-15,25H,4-6,8-10H2,1H3. The molecule has 0 radical (unpaired) electrons. The minimum Gasteiger partial charge on any atom is -0.353 e. The molecule has 4 fully saturated rings. The van der Waals surface area contributed by atoms with Gasteiger partial charge in [-0.05, 0) is 80.9 Å². The Morgan fingerprint density at radius 1 is 1.19 bits per heavy atom. The smallest absolute Gasteiger partial charge is 0.288 e. The number of rotatable bonds is 3. The molecule has 142 valence electrons. The van der Waals surface area contributed by atoms with Gasteiger partial charge >= 0.3 is 0 Å². The van der Waals surface area contributed by atoms with Crippen molar-refractivity contribution in [2.24, 2.45) is 17.8 Å². The van der Waals surface area contributed by atoms with Crippen LogP contribution in [0.3, 0.4) is 0 Å². The molecule has 4 saturated carbocycles.